The Bertz CT molecular complexity index is 1010. The molecule has 0 bridgehead atoms. The maximum absolute atomic E-state index is 13.0. The topological polar surface area (TPSA) is 92.2 Å². The number of morpholine rings is 1. The Hall–Kier alpha value is -2.78. The molecule has 0 radical (unpaired) electrons. The average Bonchev–Trinajstić information content (AvgIpc) is 2.69. The second-order valence-corrected chi connectivity index (χ2v) is 8.12. The highest BCUT2D eigenvalue weighted by Crippen LogP contribution is 2.35. The van der Waals surface area contributed by atoms with E-state index in [1.165, 1.54) is 28.2 Å². The van der Waals surface area contributed by atoms with Gasteiger partial charge in [-0.15, -0.1) is 5.10 Å². The second-order valence-electron chi connectivity index (χ2n) is 6.29. The van der Waals surface area contributed by atoms with Crippen molar-refractivity contribution in [1.82, 2.24) is 9.88 Å². The molecule has 0 unspecified atom stereocenters. The number of rotatable bonds is 2. The summed E-state index contributed by atoms with van der Waals surface area (Å²) in [6, 6.07) is 10.4. The van der Waals surface area contributed by atoms with Gasteiger partial charge < -0.3 is 9.64 Å². The fourth-order valence-electron chi connectivity index (χ4n) is 2.97. The number of nitrogens with zero attached hydrogens (tertiary/aromatic N) is 4. The van der Waals surface area contributed by atoms with Crippen LogP contribution in [0.1, 0.15) is 5.56 Å². The van der Waals surface area contributed by atoms with Crippen LogP contribution in [-0.2, 0) is 19.4 Å². The van der Waals surface area contributed by atoms with Crippen molar-refractivity contribution in [1.29, 1.82) is 0 Å². The van der Waals surface area contributed by atoms with E-state index in [4.69, 9.17) is 4.74 Å². The normalized spacial score (nSPS) is 18.6. The minimum absolute atomic E-state index is 0.0304. The van der Waals surface area contributed by atoms with Gasteiger partial charge in [-0.05, 0) is 31.2 Å². The number of anilines is 2. The van der Waals surface area contributed by atoms with Gasteiger partial charge in [0.05, 0.1) is 18.9 Å². The molecule has 1 fully saturated rings. The van der Waals surface area contributed by atoms with E-state index < -0.39 is 20.8 Å². The molecular weight excluding hydrogens is 368 g/mol. The van der Waals surface area contributed by atoms with Gasteiger partial charge in [-0.25, -0.2) is 18.4 Å². The number of ether oxygens (including phenoxy) is 1. The number of aromatic nitrogens is 1. The first-order chi connectivity index (χ1) is 13.0. The number of benzene rings is 1. The predicted octanol–water partition coefficient (Wildman–Crippen LogP) is 1.49. The third-order valence-electron chi connectivity index (χ3n) is 4.45. The number of hydrogen-bond donors (Lipinski definition) is 0. The van der Waals surface area contributed by atoms with E-state index in [9.17, 15) is 13.2 Å². The van der Waals surface area contributed by atoms with Gasteiger partial charge in [0.1, 0.15) is 4.90 Å². The van der Waals surface area contributed by atoms with E-state index in [1.807, 2.05) is 31.2 Å². The molecule has 8 nitrogen and oxygen atoms in total. The highest BCUT2D eigenvalue weighted by molar-refractivity contribution is 8.08. The summed E-state index contributed by atoms with van der Waals surface area (Å²) in [5.74, 6) is -0.440. The van der Waals surface area contributed by atoms with Gasteiger partial charge in [0, 0.05) is 19.3 Å². The summed E-state index contributed by atoms with van der Waals surface area (Å²) >= 11 is 0. The maximum Gasteiger partial charge on any atom is 0.286 e. The van der Waals surface area contributed by atoms with Crippen LogP contribution in [0.15, 0.2) is 52.6 Å². The van der Waals surface area contributed by atoms with Crippen LogP contribution in [0.25, 0.3) is 0 Å². The Morgan fingerprint density at radius 1 is 1.11 bits per heavy atom. The highest BCUT2D eigenvalue weighted by Gasteiger charge is 2.40. The number of hydrogen-bond acceptors (Lipinski definition) is 7. The number of carbonyl (C=O) groups is 1. The third-order valence-corrected chi connectivity index (χ3v) is 6.11. The molecule has 1 aromatic carbocycles. The monoisotopic (exact) mass is 386 g/mol. The molecule has 0 spiro atoms. The molecule has 0 saturated carbocycles. The molecule has 2 aliphatic heterocycles. The van der Waals surface area contributed by atoms with Gasteiger partial charge in [-0.3, -0.25) is 4.79 Å². The first-order valence-electron chi connectivity index (χ1n) is 8.51. The van der Waals surface area contributed by atoms with Crippen molar-refractivity contribution < 1.29 is 17.9 Å². The van der Waals surface area contributed by atoms with E-state index in [-0.39, 0.29) is 10.7 Å². The molecule has 1 amide bonds. The smallest absolute Gasteiger partial charge is 0.286 e. The lowest BCUT2D eigenvalue weighted by Crippen LogP contribution is -2.47. The summed E-state index contributed by atoms with van der Waals surface area (Å²) in [4.78, 5) is 18.5. The van der Waals surface area contributed by atoms with Crippen molar-refractivity contribution in [3.63, 3.8) is 0 Å². The molecule has 2 aliphatic rings. The Labute approximate surface area is 157 Å². The summed E-state index contributed by atoms with van der Waals surface area (Å²) < 4.78 is 31.3. The zero-order chi connectivity index (χ0) is 19.0. The van der Waals surface area contributed by atoms with Crippen molar-refractivity contribution in [2.24, 2.45) is 5.10 Å². The molecule has 3 heterocycles. The number of hydrazone groups is 1. The summed E-state index contributed by atoms with van der Waals surface area (Å²) in [5, 5.41) is 5.13. The van der Waals surface area contributed by atoms with Crippen molar-refractivity contribution in [3.8, 4) is 0 Å². The SMILES string of the molecule is Cc1ccc(N2N=C(C(=O)N3CCOCC3)S(=O)(=O)c3cccnc32)cc1. The molecule has 1 aromatic heterocycles. The van der Waals surface area contributed by atoms with Crippen LogP contribution in [0.3, 0.4) is 0 Å². The van der Waals surface area contributed by atoms with Gasteiger partial charge in [0.25, 0.3) is 5.91 Å². The Balaban J connectivity index is 1.84. The van der Waals surface area contributed by atoms with Gasteiger partial charge in [-0.1, -0.05) is 17.7 Å². The summed E-state index contributed by atoms with van der Waals surface area (Å²) in [7, 11) is -4.07. The van der Waals surface area contributed by atoms with Crippen LogP contribution in [-0.4, -0.2) is 55.6 Å². The number of sulfone groups is 1. The van der Waals surface area contributed by atoms with Crippen LogP contribution in [0, 0.1) is 6.92 Å². The third kappa shape index (κ3) is 3.08. The van der Waals surface area contributed by atoms with Crippen molar-refractivity contribution in [3.05, 3.63) is 48.2 Å². The lowest BCUT2D eigenvalue weighted by molar-refractivity contribution is -0.127. The van der Waals surface area contributed by atoms with Crippen molar-refractivity contribution in [2.45, 2.75) is 11.8 Å². The molecule has 1 saturated heterocycles. The quantitative estimate of drug-likeness (QED) is 0.776. The summed E-state index contributed by atoms with van der Waals surface area (Å²) in [6.07, 6.45) is 1.50. The standard InChI is InChI=1S/C18H18N4O4S/c1-13-4-6-14(7-5-13)22-16-15(3-2-8-19-16)27(24,25)17(20-22)18(23)21-9-11-26-12-10-21/h2-8H,9-12H2,1H3. The van der Waals surface area contributed by atoms with E-state index in [0.717, 1.165) is 5.56 Å². The fourth-order valence-corrected chi connectivity index (χ4v) is 4.37. The van der Waals surface area contributed by atoms with Crippen LogP contribution >= 0.6 is 0 Å². The van der Waals surface area contributed by atoms with Gasteiger partial charge >= 0.3 is 0 Å². The molecule has 4 rings (SSSR count). The van der Waals surface area contributed by atoms with Crippen LogP contribution in [0.4, 0.5) is 11.5 Å². The molecule has 2 aromatic rings. The molecule has 0 N–H and O–H groups in total. The molecule has 9 heteroatoms. The maximum atomic E-state index is 13.0. The van der Waals surface area contributed by atoms with Crippen LogP contribution < -0.4 is 5.01 Å². The minimum atomic E-state index is -4.07. The average molecular weight is 386 g/mol. The number of pyridine rings is 1. The molecule has 27 heavy (non-hydrogen) atoms. The molecule has 0 atom stereocenters. The Morgan fingerprint density at radius 3 is 2.52 bits per heavy atom. The fraction of sp³-hybridized carbons (Fsp3) is 0.278. The molecule has 0 aliphatic carbocycles. The highest BCUT2D eigenvalue weighted by atomic mass is 32.2. The number of aryl methyl sites for hydroxylation is 1. The van der Waals surface area contributed by atoms with Crippen LogP contribution in [0.2, 0.25) is 0 Å². The zero-order valence-electron chi connectivity index (χ0n) is 14.7. The van der Waals surface area contributed by atoms with Crippen LogP contribution in [0.5, 0.6) is 0 Å². The first kappa shape index (κ1) is 17.6. The van der Waals surface area contributed by atoms with Gasteiger partial charge in [-0.2, -0.15) is 0 Å². The minimum Gasteiger partial charge on any atom is -0.378 e. The second kappa shape index (κ2) is 6.75. The largest absolute Gasteiger partial charge is 0.378 e. The Morgan fingerprint density at radius 2 is 1.81 bits per heavy atom. The zero-order valence-corrected chi connectivity index (χ0v) is 15.5. The van der Waals surface area contributed by atoms with Gasteiger partial charge in [0.15, 0.2) is 5.82 Å². The number of amides is 1. The lowest BCUT2D eigenvalue weighted by Gasteiger charge is -2.30. The van der Waals surface area contributed by atoms with E-state index in [2.05, 4.69) is 10.1 Å². The van der Waals surface area contributed by atoms with Crippen molar-refractivity contribution in [2.75, 3.05) is 31.3 Å². The summed E-state index contributed by atoms with van der Waals surface area (Å²) in [5.41, 5.74) is 1.68. The Kier molecular flexibility index (Phi) is 4.40. The molecule has 140 valence electrons. The first-order valence-corrected chi connectivity index (χ1v) is 9.99. The lowest BCUT2D eigenvalue weighted by atomic mass is 10.2. The predicted molar refractivity (Wildman–Crippen MR) is 99.6 cm³/mol. The van der Waals surface area contributed by atoms with Gasteiger partial charge in [0.2, 0.25) is 14.9 Å². The van der Waals surface area contributed by atoms with Crippen molar-refractivity contribution >= 4 is 32.3 Å². The van der Waals surface area contributed by atoms with E-state index in [1.54, 1.807) is 0 Å². The van der Waals surface area contributed by atoms with E-state index in [0.29, 0.717) is 32.0 Å². The number of carbonyl (C=O) groups excluding carboxylic acids is 1. The summed E-state index contributed by atoms with van der Waals surface area (Å²) in [6.45, 7) is 3.36. The molecular formula is C18H18N4O4S. The number of fused-ring (bicyclic) bond motifs is 1. The van der Waals surface area contributed by atoms with E-state index >= 15 is 0 Å².